The van der Waals surface area contributed by atoms with Crippen molar-refractivity contribution in [3.05, 3.63) is 71.3 Å². The molecule has 1 aromatic carbocycles. The molecule has 196 valence electrons. The van der Waals surface area contributed by atoms with Crippen LogP contribution in [-0.2, 0) is 17.8 Å². The van der Waals surface area contributed by atoms with Crippen molar-refractivity contribution < 1.29 is 19.1 Å². The molecular weight excluding hydrogens is 472 g/mol. The second-order valence-electron chi connectivity index (χ2n) is 9.80. The first-order chi connectivity index (χ1) is 18.1. The number of fused-ring (bicyclic) bond motifs is 1. The number of hydrogen-bond donors (Lipinski definition) is 3. The van der Waals surface area contributed by atoms with E-state index in [4.69, 9.17) is 9.15 Å². The fraction of sp³-hybridized carbons (Fsp3) is 0.481. The summed E-state index contributed by atoms with van der Waals surface area (Å²) in [4.78, 5) is 27.1. The lowest BCUT2D eigenvalue weighted by atomic mass is 9.93. The van der Waals surface area contributed by atoms with Crippen molar-refractivity contribution in [3.63, 3.8) is 0 Å². The predicted molar refractivity (Wildman–Crippen MR) is 137 cm³/mol. The highest BCUT2D eigenvalue weighted by atomic mass is 16.5. The maximum Gasteiger partial charge on any atom is 0.270 e. The Kier molecular flexibility index (Phi) is 8.08. The summed E-state index contributed by atoms with van der Waals surface area (Å²) in [5, 5.41) is 17.0. The van der Waals surface area contributed by atoms with Crippen molar-refractivity contribution in [3.8, 4) is 0 Å². The molecule has 1 unspecified atom stereocenters. The Morgan fingerprint density at radius 2 is 2.16 bits per heavy atom. The minimum atomic E-state index is -0.787. The Bertz CT molecular complexity index is 1180. The molecule has 2 atom stereocenters. The number of carbonyl (C=O) groups is 1. The van der Waals surface area contributed by atoms with Crippen LogP contribution < -0.4 is 10.6 Å². The summed E-state index contributed by atoms with van der Waals surface area (Å²) in [7, 11) is 0. The molecule has 2 aromatic heterocycles. The van der Waals surface area contributed by atoms with Crippen LogP contribution in [0.2, 0.25) is 0 Å². The quantitative estimate of drug-likeness (QED) is 0.380. The van der Waals surface area contributed by atoms with Crippen molar-refractivity contribution in [2.45, 2.75) is 64.0 Å². The molecule has 5 rings (SSSR count). The van der Waals surface area contributed by atoms with Gasteiger partial charge in [0.05, 0.1) is 12.3 Å². The third kappa shape index (κ3) is 6.33. The molecule has 37 heavy (non-hydrogen) atoms. The summed E-state index contributed by atoms with van der Waals surface area (Å²) in [6.45, 7) is 3.54. The highest BCUT2D eigenvalue weighted by Gasteiger charge is 2.30. The smallest absolute Gasteiger partial charge is 0.270 e. The fourth-order valence-corrected chi connectivity index (χ4v) is 5.20. The van der Waals surface area contributed by atoms with E-state index in [1.807, 2.05) is 6.07 Å². The topological polar surface area (TPSA) is 126 Å². The van der Waals surface area contributed by atoms with Gasteiger partial charge in [0.1, 0.15) is 36.4 Å². The third-order valence-electron chi connectivity index (χ3n) is 7.11. The monoisotopic (exact) mass is 506 g/mol. The third-order valence-corrected chi connectivity index (χ3v) is 7.11. The number of aromatic nitrogens is 3. The summed E-state index contributed by atoms with van der Waals surface area (Å²) < 4.78 is 11.6. The zero-order chi connectivity index (χ0) is 25.6. The number of aryl methyl sites for hydroxylation is 1. The van der Waals surface area contributed by atoms with E-state index in [0.29, 0.717) is 24.2 Å². The van der Waals surface area contributed by atoms with Gasteiger partial charge in [-0.05, 0) is 42.9 Å². The van der Waals surface area contributed by atoms with Gasteiger partial charge in [-0.15, -0.1) is 0 Å². The van der Waals surface area contributed by atoms with Gasteiger partial charge in [0.25, 0.3) is 5.91 Å². The number of ether oxygens (including phenoxy) is 1. The zero-order valence-electron chi connectivity index (χ0n) is 21.1. The maximum absolute atomic E-state index is 12.7. The number of oxazole rings is 1. The molecule has 0 radical (unpaired) electrons. The number of β-amino-alcohol motifs (C(OH)–C–C–N with tert-alkyl or cyclic N) is 1. The average molecular weight is 507 g/mol. The highest BCUT2D eigenvalue weighted by molar-refractivity contribution is 5.92. The van der Waals surface area contributed by atoms with E-state index in [0.717, 1.165) is 31.4 Å². The van der Waals surface area contributed by atoms with Crippen LogP contribution in [0.1, 0.15) is 64.9 Å². The number of carbonyl (C=O) groups excluding carboxylic acids is 1. The number of aliphatic hydroxyl groups excluding tert-OH is 1. The van der Waals surface area contributed by atoms with Crippen LogP contribution in [0.15, 0.2) is 47.6 Å². The number of aliphatic hydroxyl groups is 1. The average Bonchev–Trinajstić information content (AvgIpc) is 3.61. The predicted octanol–water partition coefficient (Wildman–Crippen LogP) is 2.99. The second kappa shape index (κ2) is 11.8. The van der Waals surface area contributed by atoms with Crippen molar-refractivity contribution in [1.29, 1.82) is 0 Å². The minimum Gasteiger partial charge on any atom is -0.446 e. The fourth-order valence-electron chi connectivity index (χ4n) is 5.20. The summed E-state index contributed by atoms with van der Waals surface area (Å²) in [5.74, 6) is 0.953. The molecule has 1 saturated carbocycles. The van der Waals surface area contributed by atoms with Crippen LogP contribution in [0.25, 0.3) is 0 Å². The molecule has 1 fully saturated rings. The van der Waals surface area contributed by atoms with Crippen molar-refractivity contribution in [2.75, 3.05) is 25.0 Å². The lowest BCUT2D eigenvalue weighted by Crippen LogP contribution is -2.45. The van der Waals surface area contributed by atoms with Gasteiger partial charge in [0, 0.05) is 31.7 Å². The number of anilines is 1. The largest absolute Gasteiger partial charge is 0.446 e. The first-order valence-electron chi connectivity index (χ1n) is 12.9. The maximum atomic E-state index is 12.7. The van der Waals surface area contributed by atoms with Gasteiger partial charge < -0.3 is 24.9 Å². The summed E-state index contributed by atoms with van der Waals surface area (Å²) in [6.07, 6.45) is 8.79. The van der Waals surface area contributed by atoms with E-state index in [-0.39, 0.29) is 31.0 Å². The number of benzene rings is 1. The molecule has 3 heterocycles. The van der Waals surface area contributed by atoms with Crippen molar-refractivity contribution >= 4 is 11.7 Å². The number of rotatable bonds is 10. The Morgan fingerprint density at radius 1 is 1.30 bits per heavy atom. The zero-order valence-corrected chi connectivity index (χ0v) is 21.1. The van der Waals surface area contributed by atoms with Crippen LogP contribution >= 0.6 is 0 Å². The van der Waals surface area contributed by atoms with E-state index in [9.17, 15) is 9.90 Å². The Labute approximate surface area is 216 Å². The van der Waals surface area contributed by atoms with Gasteiger partial charge in [-0.1, -0.05) is 31.0 Å². The van der Waals surface area contributed by atoms with Crippen molar-refractivity contribution in [1.82, 2.24) is 25.2 Å². The number of nitrogens with one attached hydrogen (secondary N) is 2. The molecule has 3 aromatic rings. The van der Waals surface area contributed by atoms with Gasteiger partial charge in [0.2, 0.25) is 0 Å². The van der Waals surface area contributed by atoms with Gasteiger partial charge in [0.15, 0.2) is 6.39 Å². The standard InChI is InChI=1S/C27H34N6O4/c1-18-5-4-8-23-22(18)9-10-33(27(23)36-15-21-13-28-17-37-21)14-20(34)12-29-26(35)24-11-25(31-16-30-24)32-19-6-2-3-7-19/h4-5,8,11,13,16-17,19-20,27,34H,2-3,6-7,9-10,12,14-15H2,1H3,(H,29,35)(H,30,31,32)/t20-,27?/m0/s1. The highest BCUT2D eigenvalue weighted by Crippen LogP contribution is 2.33. The SMILES string of the molecule is Cc1cccc2c1CCN(C[C@@H](O)CNC(=O)c1cc(NC3CCCC3)ncn1)C2OCc1cnco1. The van der Waals surface area contributed by atoms with Crippen LogP contribution in [0, 0.1) is 6.92 Å². The molecule has 10 nitrogen and oxygen atoms in total. The Morgan fingerprint density at radius 3 is 2.97 bits per heavy atom. The molecular formula is C27H34N6O4. The van der Waals surface area contributed by atoms with Crippen LogP contribution in [-0.4, -0.2) is 62.6 Å². The Hall–Kier alpha value is -3.34. The molecule has 1 aliphatic heterocycles. The molecule has 0 bridgehead atoms. The summed E-state index contributed by atoms with van der Waals surface area (Å²) in [6, 6.07) is 8.26. The normalized spacial score (nSPS) is 18.9. The molecule has 10 heteroatoms. The second-order valence-corrected chi connectivity index (χ2v) is 9.80. The van der Waals surface area contributed by atoms with E-state index >= 15 is 0 Å². The number of amides is 1. The van der Waals surface area contributed by atoms with Gasteiger partial charge in [-0.3, -0.25) is 9.69 Å². The van der Waals surface area contributed by atoms with E-state index in [1.165, 1.54) is 36.7 Å². The minimum absolute atomic E-state index is 0.0974. The first kappa shape index (κ1) is 25.3. The van der Waals surface area contributed by atoms with Gasteiger partial charge in [-0.2, -0.15) is 0 Å². The van der Waals surface area contributed by atoms with E-state index in [2.05, 4.69) is 49.5 Å². The first-order valence-corrected chi connectivity index (χ1v) is 12.9. The van der Waals surface area contributed by atoms with Crippen LogP contribution in [0.4, 0.5) is 5.82 Å². The molecule has 3 N–H and O–H groups in total. The molecule has 1 amide bonds. The molecule has 1 aliphatic carbocycles. The lowest BCUT2D eigenvalue weighted by molar-refractivity contribution is -0.0940. The number of nitrogens with zero attached hydrogens (tertiary/aromatic N) is 4. The van der Waals surface area contributed by atoms with E-state index < -0.39 is 6.10 Å². The van der Waals surface area contributed by atoms with Crippen LogP contribution in [0.3, 0.4) is 0 Å². The van der Waals surface area contributed by atoms with Crippen LogP contribution in [0.5, 0.6) is 0 Å². The molecule has 2 aliphatic rings. The summed E-state index contributed by atoms with van der Waals surface area (Å²) >= 11 is 0. The molecule has 0 saturated heterocycles. The lowest BCUT2D eigenvalue weighted by Gasteiger charge is -2.38. The summed E-state index contributed by atoms with van der Waals surface area (Å²) in [5.41, 5.74) is 3.86. The number of hydrogen-bond acceptors (Lipinski definition) is 9. The van der Waals surface area contributed by atoms with Gasteiger partial charge in [-0.25, -0.2) is 15.0 Å². The molecule has 0 spiro atoms. The van der Waals surface area contributed by atoms with Crippen molar-refractivity contribution in [2.24, 2.45) is 0 Å². The van der Waals surface area contributed by atoms with E-state index in [1.54, 1.807) is 12.3 Å². The van der Waals surface area contributed by atoms with Gasteiger partial charge >= 0.3 is 0 Å². The Balaban J connectivity index is 1.19.